The van der Waals surface area contributed by atoms with E-state index in [9.17, 15) is 32.1 Å². The minimum Gasteiger partial charge on any atom is -0.748 e. The van der Waals surface area contributed by atoms with Crippen molar-refractivity contribution in [2.45, 2.75) is 97.9 Å². The number of Topliss-reactive ketones (excluding diaryl/α,β-unsaturated/α-hetero) is 4. The van der Waals surface area contributed by atoms with Gasteiger partial charge in [-0.2, -0.15) is 0 Å². The van der Waals surface area contributed by atoms with E-state index in [0.717, 1.165) is 35.8 Å². The topological polar surface area (TPSA) is 125 Å². The van der Waals surface area contributed by atoms with Gasteiger partial charge in [-0.3, -0.25) is 19.2 Å². The number of ketones is 4. The van der Waals surface area contributed by atoms with Crippen LogP contribution in [0.5, 0.6) is 0 Å². The summed E-state index contributed by atoms with van der Waals surface area (Å²) < 4.78 is 32.7. The first-order valence-electron chi connectivity index (χ1n) is 20.8. The molecular formula is C52H48O7S5. The van der Waals surface area contributed by atoms with Crippen LogP contribution in [0, 0.1) is 16.7 Å². The zero-order valence-electron chi connectivity index (χ0n) is 36.2. The molecule has 0 heterocycles. The van der Waals surface area contributed by atoms with Crippen LogP contribution in [0.1, 0.15) is 85.0 Å². The lowest BCUT2D eigenvalue weighted by Crippen LogP contribution is -2.42. The maximum atomic E-state index is 11.8. The number of carbonyl (C=O) groups is 4. The third-order valence-corrected chi connectivity index (χ3v) is 18.4. The van der Waals surface area contributed by atoms with E-state index in [2.05, 4.69) is 72.8 Å². The van der Waals surface area contributed by atoms with Crippen molar-refractivity contribution in [2.75, 3.05) is 5.75 Å². The molecule has 8 rings (SSSR count). The van der Waals surface area contributed by atoms with Crippen LogP contribution < -0.4 is 0 Å². The van der Waals surface area contributed by atoms with E-state index in [1.807, 2.05) is 86.6 Å². The van der Waals surface area contributed by atoms with Gasteiger partial charge >= 0.3 is 0 Å². The van der Waals surface area contributed by atoms with E-state index < -0.39 is 21.3 Å². The molecule has 6 aromatic rings. The Morgan fingerprint density at radius 2 is 0.828 bits per heavy atom. The summed E-state index contributed by atoms with van der Waals surface area (Å²) in [6, 6.07) is 49.5. The second-order valence-corrected chi connectivity index (χ2v) is 23.5. The van der Waals surface area contributed by atoms with E-state index in [4.69, 9.17) is 0 Å². The highest BCUT2D eigenvalue weighted by Crippen LogP contribution is 2.64. The van der Waals surface area contributed by atoms with E-state index in [1.54, 1.807) is 56.1 Å². The second-order valence-electron chi connectivity index (χ2n) is 16.6. The first-order valence-corrected chi connectivity index (χ1v) is 26.0. The molecule has 2 aliphatic rings. The van der Waals surface area contributed by atoms with Gasteiger partial charge in [0.15, 0.2) is 32.0 Å². The first-order chi connectivity index (χ1) is 30.4. The van der Waals surface area contributed by atoms with Gasteiger partial charge in [-0.1, -0.05) is 85.5 Å². The van der Waals surface area contributed by atoms with E-state index >= 15 is 0 Å². The van der Waals surface area contributed by atoms with E-state index in [1.165, 1.54) is 14.7 Å². The molecule has 0 amide bonds. The number of hydrogen-bond donors (Lipinski definition) is 0. The fourth-order valence-corrected chi connectivity index (χ4v) is 14.2. The molecule has 2 bridgehead atoms. The van der Waals surface area contributed by atoms with Gasteiger partial charge in [0.2, 0.25) is 0 Å². The van der Waals surface area contributed by atoms with Crippen molar-refractivity contribution in [2.24, 2.45) is 16.7 Å². The molecule has 2 aliphatic carbocycles. The highest BCUT2D eigenvalue weighted by Gasteiger charge is 2.64. The van der Waals surface area contributed by atoms with Crippen LogP contribution in [0.2, 0.25) is 0 Å². The summed E-state index contributed by atoms with van der Waals surface area (Å²) in [7, 11) is -4.67. The van der Waals surface area contributed by atoms with Gasteiger partial charge in [-0.05, 0) is 154 Å². The van der Waals surface area contributed by atoms with Crippen LogP contribution in [0.4, 0.5) is 0 Å². The predicted molar refractivity (Wildman–Crippen MR) is 256 cm³/mol. The van der Waals surface area contributed by atoms with Gasteiger partial charge in [0, 0.05) is 57.9 Å². The van der Waals surface area contributed by atoms with Crippen molar-refractivity contribution in [3.8, 4) is 0 Å². The maximum Gasteiger partial charge on any atom is 0.166 e. The SMILES string of the molecule is CC(=O)c1ccc(Sc2ccc([S+](c3ccc(Sc4ccc(C(C)=O)cc4)cc3)c3ccc(Sc4ccc(C(C)=O)cc4)cc3)cc2)cc1.CC1(C)C2CCC1(CS(=O)(=O)[O-])C(=O)C2. The molecule has 64 heavy (non-hydrogen) atoms. The lowest BCUT2D eigenvalue weighted by molar-refractivity contribution is -0.128. The number of rotatable bonds is 14. The summed E-state index contributed by atoms with van der Waals surface area (Å²) >= 11 is 5.04. The van der Waals surface area contributed by atoms with E-state index in [-0.39, 0.29) is 45.4 Å². The quantitative estimate of drug-likeness (QED) is 0.0592. The standard InChI is InChI=1S/C42H33O3S4.C10H16O4S/c1-28(43)31-4-10-34(11-5-31)46-37-16-22-40(23-17-37)49(41-24-18-38(19-25-41)47-35-12-6-32(7-13-35)29(2)44)42-26-20-39(21-27-42)48-36-14-8-33(9-15-36)30(3)45;1-9(2)7-3-4-10(9,8(11)5-7)6-15(12,13)14/h4-27H,1-3H3;7H,3-6H2,1-2H3,(H,12,13,14)/q+1;/p-1. The van der Waals surface area contributed by atoms with Crippen LogP contribution >= 0.6 is 35.3 Å². The summed E-state index contributed by atoms with van der Waals surface area (Å²) in [6.07, 6.45) is 1.88. The Morgan fingerprint density at radius 3 is 1.05 bits per heavy atom. The Labute approximate surface area is 391 Å². The fourth-order valence-electron chi connectivity index (χ4n) is 8.43. The highest BCUT2D eigenvalue weighted by molar-refractivity contribution is 8.00. The van der Waals surface area contributed by atoms with Gasteiger partial charge in [0.05, 0.1) is 26.8 Å². The van der Waals surface area contributed by atoms with Gasteiger partial charge in [-0.25, -0.2) is 8.42 Å². The molecule has 0 aromatic heterocycles. The maximum absolute atomic E-state index is 11.8. The predicted octanol–water partition coefficient (Wildman–Crippen LogP) is 12.8. The Morgan fingerprint density at radius 1 is 0.547 bits per heavy atom. The molecule has 6 aromatic carbocycles. The van der Waals surface area contributed by atoms with Crippen molar-refractivity contribution in [3.63, 3.8) is 0 Å². The Balaban J connectivity index is 0.000000344. The van der Waals surface area contributed by atoms with Gasteiger partial charge in [0.25, 0.3) is 0 Å². The molecule has 2 atom stereocenters. The Hall–Kier alpha value is -4.69. The summed E-state index contributed by atoms with van der Waals surface area (Å²) in [6.45, 7) is 8.59. The molecule has 0 saturated heterocycles. The third kappa shape index (κ3) is 11.0. The minimum absolute atomic E-state index is 0.0248. The molecule has 328 valence electrons. The normalized spacial score (nSPS) is 17.5. The molecule has 2 unspecified atom stereocenters. The smallest absolute Gasteiger partial charge is 0.166 e. The van der Waals surface area contributed by atoms with Crippen LogP contribution in [-0.2, 0) is 25.8 Å². The summed E-state index contributed by atoms with van der Waals surface area (Å²) in [5.74, 6) is -0.0779. The van der Waals surface area contributed by atoms with Crippen LogP contribution in [0.25, 0.3) is 0 Å². The average molecular weight is 945 g/mol. The number of hydrogen-bond acceptors (Lipinski definition) is 10. The molecule has 2 fully saturated rings. The van der Waals surface area contributed by atoms with Crippen LogP contribution in [-0.4, -0.2) is 41.9 Å². The third-order valence-electron chi connectivity index (χ3n) is 12.2. The fraction of sp³-hybridized carbons (Fsp3) is 0.231. The zero-order valence-corrected chi connectivity index (χ0v) is 40.2. The van der Waals surface area contributed by atoms with Gasteiger partial charge < -0.3 is 4.55 Å². The number of carbonyl (C=O) groups excluding carboxylic acids is 4. The summed E-state index contributed by atoms with van der Waals surface area (Å²) in [5.41, 5.74) is 0.929. The molecule has 0 aliphatic heterocycles. The first kappa shape index (κ1) is 47.3. The average Bonchev–Trinajstić information content (AvgIpc) is 3.60. The van der Waals surface area contributed by atoms with E-state index in [0.29, 0.717) is 29.5 Å². The molecular weight excluding hydrogens is 897 g/mol. The zero-order chi connectivity index (χ0) is 45.8. The van der Waals surface area contributed by atoms with Crippen molar-refractivity contribution in [1.82, 2.24) is 0 Å². The Kier molecular flexibility index (Phi) is 14.6. The second kappa shape index (κ2) is 19.8. The minimum atomic E-state index is -4.33. The van der Waals surface area contributed by atoms with Crippen molar-refractivity contribution in [3.05, 3.63) is 162 Å². The molecule has 0 N–H and O–H groups in total. The number of fused-ring (bicyclic) bond motifs is 2. The highest BCUT2D eigenvalue weighted by atomic mass is 32.2. The van der Waals surface area contributed by atoms with Crippen molar-refractivity contribution < 1.29 is 32.1 Å². The summed E-state index contributed by atoms with van der Waals surface area (Å²) in [5, 5.41) is 0. The monoisotopic (exact) mass is 944 g/mol. The lowest BCUT2D eigenvalue weighted by atomic mass is 9.70. The molecule has 7 nitrogen and oxygen atoms in total. The van der Waals surface area contributed by atoms with Crippen molar-refractivity contribution in [1.29, 1.82) is 0 Å². The van der Waals surface area contributed by atoms with Crippen molar-refractivity contribution >= 4 is 79.4 Å². The molecule has 0 radical (unpaired) electrons. The molecule has 12 heteroatoms. The van der Waals surface area contributed by atoms with Gasteiger partial charge in [-0.15, -0.1) is 0 Å². The largest absolute Gasteiger partial charge is 0.748 e. The van der Waals surface area contributed by atoms with Crippen LogP contribution in [0.15, 0.2) is 190 Å². The van der Waals surface area contributed by atoms with Gasteiger partial charge in [0.1, 0.15) is 5.78 Å². The Bertz CT molecular complexity index is 2520. The molecule has 0 spiro atoms. The van der Waals surface area contributed by atoms with Crippen LogP contribution in [0.3, 0.4) is 0 Å². The summed E-state index contributed by atoms with van der Waals surface area (Å²) in [4.78, 5) is 57.2. The lowest BCUT2D eigenvalue weighted by Gasteiger charge is -2.37. The number of benzene rings is 6. The molecule has 2 saturated carbocycles.